The smallest absolute Gasteiger partial charge is 0.203 e. The standard InChI is InChI=1S/C36H35NO8S/c1-39-28-15-12-23(11-14-27(38)25-21-32(41-3)35(43-5)33(22-25)42-4)19-30(28)44-17-8-18-45-31-20-24(13-16-29(31)40-2)36-37-26-9-6-7-10-34(26)46-36/h6-7,9-16,19-22H,8,17-18H2,1-5H3/b14-11+. The lowest BCUT2D eigenvalue weighted by Gasteiger charge is -2.14. The molecule has 5 aromatic rings. The number of aromatic nitrogens is 1. The monoisotopic (exact) mass is 641 g/mol. The highest BCUT2D eigenvalue weighted by Crippen LogP contribution is 2.39. The van der Waals surface area contributed by atoms with Crippen molar-refractivity contribution in [3.8, 4) is 50.8 Å². The Morgan fingerprint density at radius 2 is 1.33 bits per heavy atom. The summed E-state index contributed by atoms with van der Waals surface area (Å²) in [5.41, 5.74) is 3.10. The first-order chi connectivity index (χ1) is 22.5. The molecule has 0 fully saturated rings. The van der Waals surface area contributed by atoms with Crippen LogP contribution in [-0.4, -0.2) is 59.5 Å². The van der Waals surface area contributed by atoms with Gasteiger partial charge in [-0.25, -0.2) is 4.98 Å². The Labute approximate surface area is 271 Å². The highest BCUT2D eigenvalue weighted by molar-refractivity contribution is 7.21. The van der Waals surface area contributed by atoms with Crippen molar-refractivity contribution in [2.45, 2.75) is 6.42 Å². The molecule has 0 amide bonds. The summed E-state index contributed by atoms with van der Waals surface area (Å²) >= 11 is 1.64. The summed E-state index contributed by atoms with van der Waals surface area (Å²) in [7, 11) is 7.73. The number of benzene rings is 4. The lowest BCUT2D eigenvalue weighted by molar-refractivity contribution is 0.104. The van der Waals surface area contributed by atoms with Gasteiger partial charge >= 0.3 is 0 Å². The van der Waals surface area contributed by atoms with Crippen LogP contribution in [0.4, 0.5) is 0 Å². The zero-order valence-corrected chi connectivity index (χ0v) is 27.1. The second-order valence-electron chi connectivity index (χ2n) is 9.92. The molecule has 0 N–H and O–H groups in total. The fraction of sp³-hybridized carbons (Fsp3) is 0.222. The van der Waals surface area contributed by atoms with Gasteiger partial charge in [-0.1, -0.05) is 24.3 Å². The van der Waals surface area contributed by atoms with Crippen LogP contribution in [0.1, 0.15) is 22.3 Å². The van der Waals surface area contributed by atoms with Crippen LogP contribution < -0.4 is 33.2 Å². The van der Waals surface area contributed by atoms with Crippen molar-refractivity contribution in [1.29, 1.82) is 0 Å². The maximum absolute atomic E-state index is 13.0. The SMILES string of the molecule is COc1ccc(/C=C/C(=O)c2cc(OC)c(OC)c(OC)c2)cc1OCCCOc1cc(-c2nc3ccccc3s2)ccc1OC. The number of carbonyl (C=O) groups is 1. The van der Waals surface area contributed by atoms with E-state index in [-0.39, 0.29) is 5.78 Å². The molecule has 5 rings (SSSR count). The Balaban J connectivity index is 1.21. The predicted molar refractivity (Wildman–Crippen MR) is 180 cm³/mol. The number of ketones is 1. The van der Waals surface area contributed by atoms with E-state index in [9.17, 15) is 4.79 Å². The van der Waals surface area contributed by atoms with Gasteiger partial charge in [0, 0.05) is 17.5 Å². The van der Waals surface area contributed by atoms with Crippen molar-refractivity contribution in [3.63, 3.8) is 0 Å². The first kappa shape index (κ1) is 32.2. The Morgan fingerprint density at radius 3 is 1.96 bits per heavy atom. The summed E-state index contributed by atoms with van der Waals surface area (Å²) in [5.74, 6) is 3.43. The highest BCUT2D eigenvalue weighted by Gasteiger charge is 2.16. The minimum Gasteiger partial charge on any atom is -0.493 e. The predicted octanol–water partition coefficient (Wildman–Crippen LogP) is 7.75. The van der Waals surface area contributed by atoms with E-state index in [4.69, 9.17) is 38.1 Å². The van der Waals surface area contributed by atoms with Crippen molar-refractivity contribution < 1.29 is 38.0 Å². The third-order valence-corrected chi connectivity index (χ3v) is 8.16. The quantitative estimate of drug-likeness (QED) is 0.0646. The molecule has 0 unspecified atom stereocenters. The molecule has 0 atom stereocenters. The van der Waals surface area contributed by atoms with E-state index in [1.165, 1.54) is 27.4 Å². The maximum Gasteiger partial charge on any atom is 0.203 e. The number of ether oxygens (including phenoxy) is 7. The minimum atomic E-state index is -0.225. The molecule has 0 aliphatic rings. The number of thiazole rings is 1. The van der Waals surface area contributed by atoms with Crippen LogP contribution >= 0.6 is 11.3 Å². The third kappa shape index (κ3) is 7.35. The van der Waals surface area contributed by atoms with Crippen molar-refractivity contribution in [2.24, 2.45) is 0 Å². The number of hydrogen-bond acceptors (Lipinski definition) is 10. The summed E-state index contributed by atoms with van der Waals surface area (Å²) in [6.45, 7) is 0.790. The van der Waals surface area contributed by atoms with Gasteiger partial charge < -0.3 is 33.2 Å². The molecule has 0 saturated heterocycles. The van der Waals surface area contributed by atoms with Crippen LogP contribution in [0.25, 0.3) is 26.9 Å². The Bertz CT molecular complexity index is 1790. The van der Waals surface area contributed by atoms with Crippen molar-refractivity contribution in [1.82, 2.24) is 4.98 Å². The second-order valence-corrected chi connectivity index (χ2v) is 11.0. The van der Waals surface area contributed by atoms with Gasteiger partial charge in [-0.05, 0) is 66.2 Å². The molecule has 0 saturated carbocycles. The molecule has 10 heteroatoms. The third-order valence-electron chi connectivity index (χ3n) is 7.07. The number of carbonyl (C=O) groups excluding carboxylic acids is 1. The van der Waals surface area contributed by atoms with Crippen LogP contribution in [0.3, 0.4) is 0 Å². The first-order valence-electron chi connectivity index (χ1n) is 14.5. The summed E-state index contributed by atoms with van der Waals surface area (Å²) in [6, 6.07) is 22.6. The van der Waals surface area contributed by atoms with Crippen LogP contribution in [-0.2, 0) is 0 Å². The molecular formula is C36H35NO8S. The van der Waals surface area contributed by atoms with Crippen molar-refractivity contribution in [3.05, 3.63) is 90.0 Å². The summed E-state index contributed by atoms with van der Waals surface area (Å²) in [4.78, 5) is 17.7. The number of allylic oxidation sites excluding steroid dienone is 1. The lowest BCUT2D eigenvalue weighted by Crippen LogP contribution is -2.06. The van der Waals surface area contributed by atoms with E-state index in [0.717, 1.165) is 26.4 Å². The summed E-state index contributed by atoms with van der Waals surface area (Å²) in [5, 5.41) is 0.920. The second kappa shape index (κ2) is 15.2. The normalized spacial score (nSPS) is 11.0. The zero-order chi connectivity index (χ0) is 32.5. The molecule has 4 aromatic carbocycles. The zero-order valence-electron chi connectivity index (χ0n) is 26.3. The number of nitrogens with zero attached hydrogens (tertiary/aromatic N) is 1. The number of hydrogen-bond donors (Lipinski definition) is 0. The molecule has 1 heterocycles. The minimum absolute atomic E-state index is 0.225. The molecule has 9 nitrogen and oxygen atoms in total. The Morgan fingerprint density at radius 1 is 0.696 bits per heavy atom. The molecule has 0 aliphatic carbocycles. The van der Waals surface area contributed by atoms with Crippen molar-refractivity contribution >= 4 is 33.4 Å². The topological polar surface area (TPSA) is 94.6 Å². The Hall–Kier alpha value is -5.22. The van der Waals surface area contributed by atoms with Crippen molar-refractivity contribution in [2.75, 3.05) is 48.8 Å². The lowest BCUT2D eigenvalue weighted by atomic mass is 10.1. The van der Waals surface area contributed by atoms with Gasteiger partial charge in [-0.2, -0.15) is 0 Å². The molecule has 0 bridgehead atoms. The van der Waals surface area contributed by atoms with Gasteiger partial charge in [0.2, 0.25) is 5.75 Å². The van der Waals surface area contributed by atoms with E-state index in [0.29, 0.717) is 65.4 Å². The van der Waals surface area contributed by atoms with E-state index in [1.807, 2.05) is 48.5 Å². The number of para-hydroxylation sites is 1. The molecular weight excluding hydrogens is 606 g/mol. The van der Waals surface area contributed by atoms with Crippen LogP contribution in [0.15, 0.2) is 78.9 Å². The van der Waals surface area contributed by atoms with Gasteiger partial charge in [-0.15, -0.1) is 11.3 Å². The molecule has 0 spiro atoms. The number of fused-ring (bicyclic) bond motifs is 1. The molecule has 1 aromatic heterocycles. The molecule has 46 heavy (non-hydrogen) atoms. The van der Waals surface area contributed by atoms with Gasteiger partial charge in [0.1, 0.15) is 5.01 Å². The van der Waals surface area contributed by atoms with Gasteiger partial charge in [0.15, 0.2) is 40.3 Å². The molecule has 238 valence electrons. The van der Waals surface area contributed by atoms with Crippen LogP contribution in [0, 0.1) is 0 Å². The number of rotatable bonds is 15. The van der Waals surface area contributed by atoms with E-state index >= 15 is 0 Å². The summed E-state index contributed by atoms with van der Waals surface area (Å²) in [6.07, 6.45) is 3.80. The Kier molecular flexibility index (Phi) is 10.6. The maximum atomic E-state index is 13.0. The molecule has 0 radical (unpaired) electrons. The van der Waals surface area contributed by atoms with Gasteiger partial charge in [0.05, 0.1) is 59.0 Å². The average molecular weight is 642 g/mol. The van der Waals surface area contributed by atoms with Gasteiger partial charge in [0.25, 0.3) is 0 Å². The highest BCUT2D eigenvalue weighted by atomic mass is 32.1. The fourth-order valence-corrected chi connectivity index (χ4v) is 5.70. The van der Waals surface area contributed by atoms with E-state index < -0.39 is 0 Å². The van der Waals surface area contributed by atoms with Crippen LogP contribution in [0.2, 0.25) is 0 Å². The molecule has 0 aliphatic heterocycles. The fourth-order valence-electron chi connectivity index (χ4n) is 4.74. The number of methoxy groups -OCH3 is 5. The van der Waals surface area contributed by atoms with E-state index in [1.54, 1.807) is 49.8 Å². The first-order valence-corrected chi connectivity index (χ1v) is 15.3. The van der Waals surface area contributed by atoms with Gasteiger partial charge in [-0.3, -0.25) is 4.79 Å². The summed E-state index contributed by atoms with van der Waals surface area (Å²) < 4.78 is 40.4. The largest absolute Gasteiger partial charge is 0.493 e. The van der Waals surface area contributed by atoms with E-state index in [2.05, 4.69) is 6.07 Å². The van der Waals surface area contributed by atoms with Crippen LogP contribution in [0.5, 0.6) is 40.2 Å². The average Bonchev–Trinajstić information content (AvgIpc) is 3.54.